The van der Waals surface area contributed by atoms with E-state index >= 15 is 0 Å². The topological polar surface area (TPSA) is 49.0 Å². The molecule has 1 atom stereocenters. The van der Waals surface area contributed by atoms with Gasteiger partial charge in [-0.3, -0.25) is 9.89 Å². The van der Waals surface area contributed by atoms with E-state index in [2.05, 4.69) is 34.5 Å². The van der Waals surface area contributed by atoms with Crippen molar-refractivity contribution < 1.29 is 4.79 Å². The first kappa shape index (κ1) is 15.4. The highest BCUT2D eigenvalue weighted by Crippen LogP contribution is 2.27. The summed E-state index contributed by atoms with van der Waals surface area (Å²) in [4.78, 5) is 14.8. The van der Waals surface area contributed by atoms with Crippen LogP contribution in [0.2, 0.25) is 0 Å². The van der Waals surface area contributed by atoms with Crippen molar-refractivity contribution in [2.45, 2.75) is 51.4 Å². The number of benzene rings is 1. The molecule has 4 nitrogen and oxygen atoms in total. The molecule has 1 aliphatic carbocycles. The number of H-pyrrole nitrogens is 1. The smallest absolute Gasteiger partial charge is 0.227 e. The van der Waals surface area contributed by atoms with Gasteiger partial charge in [0.25, 0.3) is 0 Å². The third-order valence-electron chi connectivity index (χ3n) is 5.44. The molecular formula is C20H25N3O. The second-order valence-electron chi connectivity index (χ2n) is 7.29. The molecule has 1 N–H and O–H groups in total. The Morgan fingerprint density at radius 3 is 2.96 bits per heavy atom. The van der Waals surface area contributed by atoms with Crippen molar-refractivity contribution in [2.24, 2.45) is 0 Å². The van der Waals surface area contributed by atoms with Crippen molar-refractivity contribution in [3.63, 3.8) is 0 Å². The summed E-state index contributed by atoms with van der Waals surface area (Å²) in [6.07, 6.45) is 6.32. The maximum Gasteiger partial charge on any atom is 0.227 e. The van der Waals surface area contributed by atoms with Crippen LogP contribution in [0.3, 0.4) is 0 Å². The molecule has 0 bridgehead atoms. The fourth-order valence-electron chi connectivity index (χ4n) is 4.11. The fraction of sp³-hybridized carbons (Fsp3) is 0.500. The van der Waals surface area contributed by atoms with Crippen LogP contribution in [0.4, 0.5) is 0 Å². The van der Waals surface area contributed by atoms with E-state index in [1.165, 1.54) is 36.0 Å². The van der Waals surface area contributed by atoms with Crippen LogP contribution >= 0.6 is 0 Å². The highest BCUT2D eigenvalue weighted by atomic mass is 16.2. The zero-order valence-corrected chi connectivity index (χ0v) is 14.3. The molecule has 1 amide bonds. The van der Waals surface area contributed by atoms with E-state index in [0.717, 1.165) is 37.3 Å². The van der Waals surface area contributed by atoms with Crippen molar-refractivity contribution in [3.8, 4) is 0 Å². The Morgan fingerprint density at radius 2 is 2.12 bits per heavy atom. The first-order chi connectivity index (χ1) is 11.7. The summed E-state index contributed by atoms with van der Waals surface area (Å²) in [5, 5.41) is 7.41. The van der Waals surface area contributed by atoms with E-state index in [1.807, 2.05) is 11.8 Å². The number of hydrogen-bond acceptors (Lipinski definition) is 2. The monoisotopic (exact) mass is 323 g/mol. The van der Waals surface area contributed by atoms with Gasteiger partial charge < -0.3 is 4.90 Å². The Balaban J connectivity index is 1.42. The van der Waals surface area contributed by atoms with E-state index in [4.69, 9.17) is 0 Å². The average Bonchev–Trinajstić information content (AvgIpc) is 3.23. The maximum atomic E-state index is 12.7. The van der Waals surface area contributed by atoms with Crippen LogP contribution in [-0.2, 0) is 24.1 Å². The molecule has 1 aliphatic heterocycles. The van der Waals surface area contributed by atoms with Crippen LogP contribution in [0.1, 0.15) is 53.3 Å². The van der Waals surface area contributed by atoms with Crippen LogP contribution in [-0.4, -0.2) is 34.1 Å². The standard InChI is InChI=1S/C20H25N3O/c1-14-10-19(22-21-14)18-6-3-9-23(13-18)20(24)12-15-7-8-16-4-2-5-17(16)11-15/h7-8,10-11,18H,2-6,9,12-13H2,1H3,(H,21,22). The van der Waals surface area contributed by atoms with Gasteiger partial charge in [-0.2, -0.15) is 5.10 Å². The molecule has 24 heavy (non-hydrogen) atoms. The Labute approximate surface area is 143 Å². The predicted octanol–water partition coefficient (Wildman–Crippen LogP) is 3.16. The number of fused-ring (bicyclic) bond motifs is 1. The number of rotatable bonds is 3. The number of amides is 1. The summed E-state index contributed by atoms with van der Waals surface area (Å²) in [5.74, 6) is 0.623. The predicted molar refractivity (Wildman–Crippen MR) is 94.1 cm³/mol. The van der Waals surface area contributed by atoms with Crippen molar-refractivity contribution in [3.05, 3.63) is 52.3 Å². The second kappa shape index (κ2) is 6.42. The van der Waals surface area contributed by atoms with E-state index in [-0.39, 0.29) is 5.91 Å². The van der Waals surface area contributed by atoms with Gasteiger partial charge in [0.2, 0.25) is 5.91 Å². The number of carbonyl (C=O) groups is 1. The SMILES string of the molecule is Cc1cc(C2CCCN(C(=O)Cc3ccc4c(c3)CCC4)C2)n[nH]1. The molecule has 1 saturated heterocycles. The number of likely N-dealkylation sites (tertiary alicyclic amines) is 1. The lowest BCUT2D eigenvalue weighted by Gasteiger charge is -2.32. The first-order valence-corrected chi connectivity index (χ1v) is 9.09. The molecule has 1 fully saturated rings. The van der Waals surface area contributed by atoms with E-state index in [0.29, 0.717) is 12.3 Å². The van der Waals surface area contributed by atoms with Crippen LogP contribution in [0.15, 0.2) is 24.3 Å². The average molecular weight is 323 g/mol. The molecule has 1 aromatic carbocycles. The number of carbonyl (C=O) groups excluding carboxylic acids is 1. The third-order valence-corrected chi connectivity index (χ3v) is 5.44. The van der Waals surface area contributed by atoms with Gasteiger partial charge >= 0.3 is 0 Å². The van der Waals surface area contributed by atoms with Gasteiger partial charge in [0.15, 0.2) is 0 Å². The molecule has 0 radical (unpaired) electrons. The molecule has 1 unspecified atom stereocenters. The lowest BCUT2D eigenvalue weighted by atomic mass is 9.94. The summed E-state index contributed by atoms with van der Waals surface area (Å²) in [6.45, 7) is 3.70. The van der Waals surface area contributed by atoms with Crippen molar-refractivity contribution in [2.75, 3.05) is 13.1 Å². The summed E-state index contributed by atoms with van der Waals surface area (Å²) in [5.41, 5.74) is 6.27. The minimum Gasteiger partial charge on any atom is -0.342 e. The van der Waals surface area contributed by atoms with Crippen molar-refractivity contribution in [1.29, 1.82) is 0 Å². The van der Waals surface area contributed by atoms with Gasteiger partial charge in [-0.1, -0.05) is 18.2 Å². The molecule has 2 aliphatic rings. The number of aromatic amines is 1. The minimum atomic E-state index is 0.255. The Kier molecular flexibility index (Phi) is 4.13. The molecule has 1 aromatic heterocycles. The van der Waals surface area contributed by atoms with Crippen LogP contribution in [0.25, 0.3) is 0 Å². The summed E-state index contributed by atoms with van der Waals surface area (Å²) >= 11 is 0. The van der Waals surface area contributed by atoms with E-state index in [9.17, 15) is 4.79 Å². The zero-order chi connectivity index (χ0) is 16.5. The first-order valence-electron chi connectivity index (χ1n) is 9.09. The Morgan fingerprint density at radius 1 is 1.25 bits per heavy atom. The molecule has 2 heterocycles. The largest absolute Gasteiger partial charge is 0.342 e. The number of aromatic nitrogens is 2. The molecule has 0 spiro atoms. The number of nitrogens with zero attached hydrogens (tertiary/aromatic N) is 2. The van der Waals surface area contributed by atoms with Crippen LogP contribution in [0.5, 0.6) is 0 Å². The summed E-state index contributed by atoms with van der Waals surface area (Å²) in [7, 11) is 0. The van der Waals surface area contributed by atoms with E-state index in [1.54, 1.807) is 0 Å². The van der Waals surface area contributed by atoms with E-state index < -0.39 is 0 Å². The van der Waals surface area contributed by atoms with Gasteiger partial charge in [-0.05, 0) is 61.8 Å². The quantitative estimate of drug-likeness (QED) is 0.943. The van der Waals surface area contributed by atoms with Crippen molar-refractivity contribution >= 4 is 5.91 Å². The number of nitrogens with one attached hydrogen (secondary N) is 1. The normalized spacial score (nSPS) is 20.2. The molecule has 0 saturated carbocycles. The Hall–Kier alpha value is -2.10. The highest BCUT2D eigenvalue weighted by Gasteiger charge is 2.26. The molecular weight excluding hydrogens is 298 g/mol. The lowest BCUT2D eigenvalue weighted by molar-refractivity contribution is -0.131. The second-order valence-corrected chi connectivity index (χ2v) is 7.29. The Bertz CT molecular complexity index is 749. The van der Waals surface area contributed by atoms with Gasteiger partial charge in [0.1, 0.15) is 0 Å². The van der Waals surface area contributed by atoms with Gasteiger partial charge in [0, 0.05) is 24.7 Å². The number of piperidine rings is 1. The summed E-state index contributed by atoms with van der Waals surface area (Å²) < 4.78 is 0. The zero-order valence-electron chi connectivity index (χ0n) is 14.3. The third kappa shape index (κ3) is 3.10. The maximum absolute atomic E-state index is 12.7. The highest BCUT2D eigenvalue weighted by molar-refractivity contribution is 5.79. The molecule has 4 rings (SSSR count). The number of aryl methyl sites for hydroxylation is 3. The van der Waals surface area contributed by atoms with Crippen LogP contribution < -0.4 is 0 Å². The lowest BCUT2D eigenvalue weighted by Crippen LogP contribution is -2.40. The molecule has 2 aromatic rings. The number of hydrogen-bond donors (Lipinski definition) is 1. The van der Waals surface area contributed by atoms with Gasteiger partial charge in [-0.25, -0.2) is 0 Å². The fourth-order valence-corrected chi connectivity index (χ4v) is 4.11. The molecule has 4 heteroatoms. The van der Waals surface area contributed by atoms with Gasteiger partial charge in [-0.15, -0.1) is 0 Å². The molecule has 126 valence electrons. The van der Waals surface area contributed by atoms with Gasteiger partial charge in [0.05, 0.1) is 12.1 Å². The van der Waals surface area contributed by atoms with Crippen LogP contribution in [0, 0.1) is 6.92 Å². The van der Waals surface area contributed by atoms with Crippen molar-refractivity contribution in [1.82, 2.24) is 15.1 Å². The minimum absolute atomic E-state index is 0.255. The summed E-state index contributed by atoms with van der Waals surface area (Å²) in [6, 6.07) is 8.72.